The Kier molecular flexibility index (Phi) is 5.72. The lowest BCUT2D eigenvalue weighted by Crippen LogP contribution is -1.94. The van der Waals surface area contributed by atoms with Crippen molar-refractivity contribution in [1.29, 1.82) is 0 Å². The molecule has 5 aromatic rings. The molecule has 0 aliphatic carbocycles. The highest BCUT2D eigenvalue weighted by atomic mass is 32.1. The number of fused-ring (bicyclic) bond motifs is 1. The lowest BCUT2D eigenvalue weighted by atomic mass is 10.1. The zero-order valence-electron chi connectivity index (χ0n) is 16.5. The van der Waals surface area contributed by atoms with Crippen LogP contribution in [-0.2, 0) is 0 Å². The summed E-state index contributed by atoms with van der Waals surface area (Å²) in [5.41, 5.74) is 2.28. The Labute approximate surface area is 178 Å². The van der Waals surface area contributed by atoms with Crippen molar-refractivity contribution in [3.05, 3.63) is 83.6 Å². The van der Waals surface area contributed by atoms with Crippen LogP contribution < -0.4 is 10.5 Å². The summed E-state index contributed by atoms with van der Waals surface area (Å²) in [6.45, 7) is 4.00. The number of nitrogens with one attached hydrogen (secondary N) is 1. The van der Waals surface area contributed by atoms with Crippen molar-refractivity contribution in [3.8, 4) is 33.3 Å². The maximum absolute atomic E-state index is 11.2. The largest absolute Gasteiger partial charge is 0.455 e. The number of pyridine rings is 1. The quantitative estimate of drug-likeness (QED) is 0.366. The molecule has 3 aromatic heterocycles. The van der Waals surface area contributed by atoms with Crippen LogP contribution in [0.4, 0.5) is 0 Å². The van der Waals surface area contributed by atoms with E-state index in [0.717, 1.165) is 31.8 Å². The highest BCUT2D eigenvalue weighted by molar-refractivity contribution is 7.22. The number of thiophene rings is 1. The molecule has 0 radical (unpaired) electrons. The van der Waals surface area contributed by atoms with Gasteiger partial charge in [-0.1, -0.05) is 61.5 Å². The molecule has 0 amide bonds. The number of nitrogens with zero attached hydrogens (tertiary/aromatic N) is 2. The summed E-state index contributed by atoms with van der Waals surface area (Å²) < 4.78 is 11.6. The van der Waals surface area contributed by atoms with Gasteiger partial charge in [-0.05, 0) is 29.3 Å². The van der Waals surface area contributed by atoms with E-state index in [1.165, 1.54) is 11.3 Å². The molecule has 152 valence electrons. The molecule has 2 aromatic carbocycles. The fraction of sp³-hybridized carbons (Fsp3) is 0.0870. The van der Waals surface area contributed by atoms with Gasteiger partial charge in [-0.2, -0.15) is 0 Å². The molecule has 0 fully saturated rings. The van der Waals surface area contributed by atoms with E-state index < -0.39 is 5.76 Å². The first-order valence-electron chi connectivity index (χ1n) is 9.53. The molecule has 0 spiro atoms. The Hall–Kier alpha value is -3.71. The standard InChI is InChI=1S/C21H13N3O3S.C2H6.H2/c25-21-23-20(24-27-21)18-10-16-17(11-22-12-19(16)28-18)26-15-8-6-14(7-9-15)13-4-2-1-3-5-13;1-2;/h1-12H,(H,23,24,25);1-2H3;1H. The summed E-state index contributed by atoms with van der Waals surface area (Å²) in [7, 11) is 0. The van der Waals surface area contributed by atoms with E-state index in [1.54, 1.807) is 12.4 Å². The maximum atomic E-state index is 11.2. The minimum absolute atomic E-state index is 0. The monoisotopic (exact) mass is 419 g/mol. The molecule has 0 saturated carbocycles. The van der Waals surface area contributed by atoms with Gasteiger partial charge in [0.25, 0.3) is 0 Å². The summed E-state index contributed by atoms with van der Waals surface area (Å²) in [4.78, 5) is 18.8. The van der Waals surface area contributed by atoms with Gasteiger partial charge in [0.1, 0.15) is 5.75 Å². The summed E-state index contributed by atoms with van der Waals surface area (Å²) in [5.74, 6) is 1.17. The molecule has 7 heteroatoms. The van der Waals surface area contributed by atoms with E-state index in [9.17, 15) is 4.79 Å². The van der Waals surface area contributed by atoms with E-state index in [4.69, 9.17) is 4.74 Å². The van der Waals surface area contributed by atoms with Crippen LogP contribution in [0.5, 0.6) is 11.5 Å². The molecule has 0 aliphatic heterocycles. The summed E-state index contributed by atoms with van der Waals surface area (Å²) >= 11 is 1.45. The first kappa shape index (κ1) is 19.6. The van der Waals surface area contributed by atoms with Crippen LogP contribution in [0.25, 0.3) is 31.9 Å². The van der Waals surface area contributed by atoms with Crippen LogP contribution in [0.15, 0.2) is 82.4 Å². The number of ether oxygens (including phenoxy) is 1. The SMILES string of the molecule is CC.O=c1[nH]c(-c2cc3c(Oc4ccc(-c5ccccc5)cc4)cncc3s2)no1.[HH]. The molecule has 0 bridgehead atoms. The highest BCUT2D eigenvalue weighted by Gasteiger charge is 2.13. The Balaban J connectivity index is 0.000000883. The first-order valence-corrected chi connectivity index (χ1v) is 10.4. The zero-order chi connectivity index (χ0) is 20.9. The fourth-order valence-corrected chi connectivity index (χ4v) is 3.92. The van der Waals surface area contributed by atoms with Crippen molar-refractivity contribution in [2.24, 2.45) is 0 Å². The van der Waals surface area contributed by atoms with E-state index in [0.29, 0.717) is 11.6 Å². The summed E-state index contributed by atoms with van der Waals surface area (Å²) in [6, 6.07) is 20.0. The van der Waals surface area contributed by atoms with Gasteiger partial charge in [0.2, 0.25) is 0 Å². The Morgan fingerprint density at radius 2 is 1.73 bits per heavy atom. The van der Waals surface area contributed by atoms with Crippen molar-refractivity contribution in [3.63, 3.8) is 0 Å². The van der Waals surface area contributed by atoms with Gasteiger partial charge in [0.05, 0.1) is 15.8 Å². The van der Waals surface area contributed by atoms with Gasteiger partial charge < -0.3 is 4.74 Å². The van der Waals surface area contributed by atoms with Crippen LogP contribution in [0.1, 0.15) is 15.3 Å². The van der Waals surface area contributed by atoms with Gasteiger partial charge in [-0.25, -0.2) is 4.79 Å². The van der Waals surface area contributed by atoms with Crippen LogP contribution in [0.3, 0.4) is 0 Å². The topological polar surface area (TPSA) is 81.0 Å². The third-order valence-corrected chi connectivity index (χ3v) is 5.35. The average molecular weight is 420 g/mol. The normalized spacial score (nSPS) is 10.5. The predicted molar refractivity (Wildman–Crippen MR) is 121 cm³/mol. The Morgan fingerprint density at radius 1 is 1.00 bits per heavy atom. The zero-order valence-corrected chi connectivity index (χ0v) is 17.3. The van der Waals surface area contributed by atoms with E-state index in [2.05, 4.69) is 31.8 Å². The van der Waals surface area contributed by atoms with E-state index >= 15 is 0 Å². The number of hydrogen-bond acceptors (Lipinski definition) is 6. The van der Waals surface area contributed by atoms with Gasteiger partial charge in [-0.15, -0.1) is 11.3 Å². The second-order valence-electron chi connectivity index (χ2n) is 6.10. The van der Waals surface area contributed by atoms with Gasteiger partial charge in [0, 0.05) is 13.0 Å². The maximum Gasteiger partial charge on any atom is 0.439 e. The Morgan fingerprint density at radius 3 is 2.43 bits per heavy atom. The molecule has 5 rings (SSSR count). The van der Waals surface area contributed by atoms with Crippen LogP contribution in [0, 0.1) is 0 Å². The lowest BCUT2D eigenvalue weighted by molar-refractivity contribution is 0.388. The van der Waals surface area contributed by atoms with Crippen molar-refractivity contribution < 1.29 is 10.7 Å². The molecule has 0 aliphatic rings. The fourth-order valence-electron chi connectivity index (χ4n) is 2.94. The number of aromatic amines is 1. The molecule has 0 atom stereocenters. The number of H-pyrrole nitrogens is 1. The lowest BCUT2D eigenvalue weighted by Gasteiger charge is -2.08. The summed E-state index contributed by atoms with van der Waals surface area (Å²) in [6.07, 6.45) is 3.43. The number of benzene rings is 2. The molecule has 3 heterocycles. The van der Waals surface area contributed by atoms with Gasteiger partial charge in [-0.3, -0.25) is 14.5 Å². The second kappa shape index (κ2) is 8.75. The second-order valence-corrected chi connectivity index (χ2v) is 7.18. The van der Waals surface area contributed by atoms with Crippen molar-refractivity contribution >= 4 is 21.4 Å². The average Bonchev–Trinajstić information content (AvgIpc) is 3.43. The van der Waals surface area contributed by atoms with E-state index in [-0.39, 0.29) is 1.43 Å². The first-order chi connectivity index (χ1) is 14.8. The highest BCUT2D eigenvalue weighted by Crippen LogP contribution is 2.37. The van der Waals surface area contributed by atoms with Gasteiger partial charge in [0.15, 0.2) is 11.6 Å². The smallest absolute Gasteiger partial charge is 0.439 e. The third-order valence-electron chi connectivity index (χ3n) is 4.27. The molecule has 6 nitrogen and oxygen atoms in total. The number of rotatable bonds is 4. The minimum atomic E-state index is -0.583. The Bertz CT molecular complexity index is 1310. The van der Waals surface area contributed by atoms with Crippen LogP contribution >= 0.6 is 11.3 Å². The van der Waals surface area contributed by atoms with Crippen LogP contribution in [0.2, 0.25) is 0 Å². The third kappa shape index (κ3) is 4.01. The van der Waals surface area contributed by atoms with Crippen LogP contribution in [-0.4, -0.2) is 15.1 Å². The number of hydrogen-bond donors (Lipinski definition) is 1. The molecular formula is C23H21N3O3S. The molecule has 1 N–H and O–H groups in total. The molecule has 30 heavy (non-hydrogen) atoms. The molecule has 0 unspecified atom stereocenters. The minimum Gasteiger partial charge on any atom is -0.455 e. The van der Waals surface area contributed by atoms with Crippen molar-refractivity contribution in [2.75, 3.05) is 0 Å². The van der Waals surface area contributed by atoms with Crippen molar-refractivity contribution in [2.45, 2.75) is 13.8 Å². The van der Waals surface area contributed by atoms with Crippen molar-refractivity contribution in [1.82, 2.24) is 15.1 Å². The van der Waals surface area contributed by atoms with Gasteiger partial charge >= 0.3 is 5.76 Å². The molecule has 0 saturated heterocycles. The predicted octanol–water partition coefficient (Wildman–Crippen LogP) is 6.37. The number of aromatic nitrogens is 3. The van der Waals surface area contributed by atoms with E-state index in [1.807, 2.05) is 62.4 Å². The summed E-state index contributed by atoms with van der Waals surface area (Å²) in [5, 5.41) is 4.63. The molecular weight excluding hydrogens is 398 g/mol.